The quantitative estimate of drug-likeness (QED) is 0.107. The third-order valence-electron chi connectivity index (χ3n) is 5.27. The first kappa shape index (κ1) is 24.8. The maximum absolute atomic E-state index is 12.5. The number of rotatable bonds is 7. The molecule has 12 heteroatoms. The van der Waals surface area contributed by atoms with Crippen molar-refractivity contribution in [1.29, 1.82) is 5.26 Å². The smallest absolute Gasteiger partial charge is 0.345 e. The number of carbonyl (C=O) groups is 1. The Morgan fingerprint density at radius 3 is 2.83 bits per heavy atom. The number of thiophene rings is 1. The van der Waals surface area contributed by atoms with E-state index in [0.717, 1.165) is 21.8 Å². The molecule has 0 saturated carbocycles. The van der Waals surface area contributed by atoms with Crippen LogP contribution in [0.1, 0.15) is 32.7 Å². The van der Waals surface area contributed by atoms with Gasteiger partial charge in [-0.05, 0) is 38.5 Å². The Kier molecular flexibility index (Phi) is 6.96. The molecule has 4 aromatic rings. The van der Waals surface area contributed by atoms with Crippen LogP contribution in [-0.2, 0) is 4.74 Å². The van der Waals surface area contributed by atoms with Gasteiger partial charge in [-0.15, -0.1) is 22.7 Å². The fraction of sp³-hybridized carbons (Fsp3) is 0.167. The van der Waals surface area contributed by atoms with E-state index in [1.165, 1.54) is 41.8 Å². The van der Waals surface area contributed by atoms with Gasteiger partial charge >= 0.3 is 11.6 Å². The number of nitrogens with zero attached hydrogens (tertiary/aromatic N) is 3. The molecule has 0 unspecified atom stereocenters. The summed E-state index contributed by atoms with van der Waals surface area (Å²) < 4.78 is 10.5. The first-order valence-electron chi connectivity index (χ1n) is 10.6. The van der Waals surface area contributed by atoms with E-state index in [1.54, 1.807) is 12.3 Å². The zero-order valence-corrected chi connectivity index (χ0v) is 20.9. The van der Waals surface area contributed by atoms with Crippen molar-refractivity contribution in [3.63, 3.8) is 0 Å². The molecule has 0 bridgehead atoms. The van der Waals surface area contributed by atoms with Crippen LogP contribution in [0.3, 0.4) is 0 Å². The number of non-ortho nitro benzene ring substituents is 1. The fourth-order valence-electron chi connectivity index (χ4n) is 3.38. The highest BCUT2D eigenvalue weighted by Gasteiger charge is 2.21. The van der Waals surface area contributed by atoms with E-state index in [2.05, 4.69) is 16.4 Å². The number of nitrogens with one attached hydrogen (secondary N) is 1. The van der Waals surface area contributed by atoms with Gasteiger partial charge in [-0.1, -0.05) is 0 Å². The van der Waals surface area contributed by atoms with Gasteiger partial charge in [-0.2, -0.15) is 5.26 Å². The molecule has 0 aliphatic carbocycles. The molecular formula is C24H18N4O6S2. The highest BCUT2D eigenvalue weighted by Crippen LogP contribution is 2.34. The molecule has 182 valence electrons. The number of esters is 1. The summed E-state index contributed by atoms with van der Waals surface area (Å²) >= 11 is 2.51. The number of carbonyl (C=O) groups excluding carboxylic acids is 1. The summed E-state index contributed by atoms with van der Waals surface area (Å²) in [5, 5.41) is 26.7. The van der Waals surface area contributed by atoms with Crippen LogP contribution in [0.5, 0.6) is 0 Å². The molecule has 0 amide bonds. The molecule has 1 aromatic carbocycles. The minimum absolute atomic E-state index is 0.116. The average molecular weight is 523 g/mol. The number of fused-ring (bicyclic) bond motifs is 1. The molecule has 0 aliphatic heterocycles. The highest BCUT2D eigenvalue weighted by atomic mass is 32.1. The van der Waals surface area contributed by atoms with Crippen LogP contribution in [0, 0.1) is 35.3 Å². The molecule has 4 rings (SSSR count). The van der Waals surface area contributed by atoms with E-state index in [9.17, 15) is 25.0 Å². The fourth-order valence-corrected chi connectivity index (χ4v) is 5.18. The molecule has 0 aliphatic rings. The van der Waals surface area contributed by atoms with Crippen LogP contribution in [0.25, 0.3) is 27.8 Å². The molecule has 0 saturated heterocycles. The number of thiazole rings is 1. The summed E-state index contributed by atoms with van der Waals surface area (Å²) in [4.78, 5) is 40.8. The molecular weight excluding hydrogens is 504 g/mol. The monoisotopic (exact) mass is 522 g/mol. The van der Waals surface area contributed by atoms with E-state index in [0.29, 0.717) is 21.0 Å². The summed E-state index contributed by atoms with van der Waals surface area (Å²) in [5.41, 5.74) is 1.21. The number of nitro benzene ring substituents is 1. The summed E-state index contributed by atoms with van der Waals surface area (Å²) in [5.74, 6) is -0.450. The topological polar surface area (TPSA) is 148 Å². The first-order chi connectivity index (χ1) is 17.2. The zero-order valence-electron chi connectivity index (χ0n) is 19.3. The summed E-state index contributed by atoms with van der Waals surface area (Å²) in [6, 6.07) is 7.48. The zero-order chi connectivity index (χ0) is 26.0. The maximum atomic E-state index is 12.5. The van der Waals surface area contributed by atoms with Crippen LogP contribution in [-0.4, -0.2) is 22.5 Å². The lowest BCUT2D eigenvalue weighted by Gasteiger charge is -2.05. The molecule has 0 radical (unpaired) electrons. The SMILES string of the molecule is CCOC(=O)c1c(N/C=C(/C#N)c2nc(-c3cc4cc([N+](=O)[O-])ccc4oc3=O)cs2)sc(C)c1C. The minimum Gasteiger partial charge on any atom is -0.462 e. The number of hydrogen-bond donors (Lipinski definition) is 1. The van der Waals surface area contributed by atoms with Crippen molar-refractivity contribution in [2.24, 2.45) is 0 Å². The number of nitro groups is 1. The van der Waals surface area contributed by atoms with E-state index in [-0.39, 0.29) is 34.7 Å². The molecule has 0 fully saturated rings. The number of allylic oxidation sites excluding steroid dienone is 1. The lowest BCUT2D eigenvalue weighted by atomic mass is 10.1. The van der Waals surface area contributed by atoms with Gasteiger partial charge in [-0.3, -0.25) is 10.1 Å². The molecule has 1 N–H and O–H groups in total. The van der Waals surface area contributed by atoms with Gasteiger partial charge in [0.15, 0.2) is 0 Å². The Bertz CT molecular complexity index is 1640. The Morgan fingerprint density at radius 1 is 1.36 bits per heavy atom. The van der Waals surface area contributed by atoms with Gasteiger partial charge in [0.2, 0.25) is 0 Å². The van der Waals surface area contributed by atoms with Crippen molar-refractivity contribution in [2.75, 3.05) is 11.9 Å². The van der Waals surface area contributed by atoms with E-state index >= 15 is 0 Å². The number of benzene rings is 1. The van der Waals surface area contributed by atoms with Gasteiger partial charge in [0.1, 0.15) is 27.2 Å². The summed E-state index contributed by atoms with van der Waals surface area (Å²) in [6.45, 7) is 5.68. The van der Waals surface area contributed by atoms with E-state index in [4.69, 9.17) is 9.15 Å². The standard InChI is InChI=1S/C24H18N4O6S2/c1-4-33-24(30)20-12(2)13(3)36-22(20)26-10-15(9-25)21-27-18(11-35-21)17-8-14-7-16(28(31)32)5-6-19(14)34-23(17)29/h5-8,10-11,26H,4H2,1-3H3/b15-10-. The van der Waals surface area contributed by atoms with Gasteiger partial charge in [0.05, 0.1) is 28.4 Å². The Balaban J connectivity index is 1.67. The first-order valence-corrected chi connectivity index (χ1v) is 12.3. The lowest BCUT2D eigenvalue weighted by molar-refractivity contribution is -0.384. The number of nitriles is 1. The predicted molar refractivity (Wildman–Crippen MR) is 137 cm³/mol. The minimum atomic E-state index is -0.655. The van der Waals surface area contributed by atoms with Crippen LogP contribution in [0.15, 0.2) is 45.1 Å². The second-order valence-corrected chi connectivity index (χ2v) is 9.57. The van der Waals surface area contributed by atoms with Crippen molar-refractivity contribution in [1.82, 2.24) is 4.98 Å². The van der Waals surface area contributed by atoms with Gasteiger partial charge in [-0.25, -0.2) is 14.6 Å². The highest BCUT2D eigenvalue weighted by molar-refractivity contribution is 7.16. The van der Waals surface area contributed by atoms with Gasteiger partial charge in [0, 0.05) is 34.0 Å². The third kappa shape index (κ3) is 4.74. The van der Waals surface area contributed by atoms with Crippen molar-refractivity contribution in [3.8, 4) is 17.3 Å². The predicted octanol–water partition coefficient (Wildman–Crippen LogP) is 5.66. The number of aryl methyl sites for hydroxylation is 1. The maximum Gasteiger partial charge on any atom is 0.345 e. The Hall–Kier alpha value is -4.34. The van der Waals surface area contributed by atoms with Crippen molar-refractivity contribution in [3.05, 3.63) is 77.4 Å². The van der Waals surface area contributed by atoms with E-state index < -0.39 is 16.5 Å². The Labute approximate surface area is 212 Å². The normalized spacial score (nSPS) is 11.3. The van der Waals surface area contributed by atoms with E-state index in [1.807, 2.05) is 13.8 Å². The molecule has 3 aromatic heterocycles. The number of anilines is 1. The average Bonchev–Trinajstić information content (AvgIpc) is 3.43. The number of hydrogen-bond acceptors (Lipinski definition) is 11. The molecule has 0 atom stereocenters. The second kappa shape index (κ2) is 10.1. The molecule has 0 spiro atoms. The van der Waals surface area contributed by atoms with Crippen LogP contribution < -0.4 is 10.9 Å². The Morgan fingerprint density at radius 2 is 2.14 bits per heavy atom. The summed E-state index contributed by atoms with van der Waals surface area (Å²) in [7, 11) is 0. The molecule has 10 nitrogen and oxygen atoms in total. The van der Waals surface area contributed by atoms with Gasteiger partial charge in [0.25, 0.3) is 5.69 Å². The van der Waals surface area contributed by atoms with Crippen LogP contribution >= 0.6 is 22.7 Å². The van der Waals surface area contributed by atoms with Crippen molar-refractivity contribution in [2.45, 2.75) is 20.8 Å². The largest absolute Gasteiger partial charge is 0.462 e. The van der Waals surface area contributed by atoms with Crippen molar-refractivity contribution < 1.29 is 18.9 Å². The second-order valence-electron chi connectivity index (χ2n) is 7.49. The lowest BCUT2D eigenvalue weighted by Crippen LogP contribution is -2.07. The van der Waals surface area contributed by atoms with Crippen LogP contribution in [0.4, 0.5) is 10.7 Å². The van der Waals surface area contributed by atoms with Gasteiger partial charge < -0.3 is 14.5 Å². The third-order valence-corrected chi connectivity index (χ3v) is 7.28. The van der Waals surface area contributed by atoms with Crippen molar-refractivity contribution >= 4 is 55.9 Å². The number of aromatic nitrogens is 1. The molecule has 3 heterocycles. The number of ether oxygens (including phenoxy) is 1. The summed E-state index contributed by atoms with van der Waals surface area (Å²) in [6.07, 6.45) is 1.45. The van der Waals surface area contributed by atoms with Crippen LogP contribution in [0.2, 0.25) is 0 Å². The molecule has 36 heavy (non-hydrogen) atoms.